The van der Waals surface area contributed by atoms with E-state index in [2.05, 4.69) is 10.3 Å². The summed E-state index contributed by atoms with van der Waals surface area (Å²) in [6.07, 6.45) is 0. The summed E-state index contributed by atoms with van der Waals surface area (Å²) in [5.74, 6) is 0.899. The third-order valence-electron chi connectivity index (χ3n) is 4.88. The third kappa shape index (κ3) is 7.39. The van der Waals surface area contributed by atoms with Gasteiger partial charge in [-0.15, -0.1) is 0 Å². The van der Waals surface area contributed by atoms with E-state index in [-0.39, 0.29) is 42.4 Å². The van der Waals surface area contributed by atoms with Crippen molar-refractivity contribution in [3.8, 4) is 11.5 Å². The number of phenolic OH excluding ortho intramolecular Hbond substituents is 1. The minimum Gasteiger partial charge on any atom is -0.508 e. The first-order valence-corrected chi connectivity index (χ1v) is 11.0. The van der Waals surface area contributed by atoms with Gasteiger partial charge in [0.05, 0.1) is 17.9 Å². The first-order valence-electron chi connectivity index (χ1n) is 11.0. The highest BCUT2D eigenvalue weighted by Crippen LogP contribution is 2.31. The predicted molar refractivity (Wildman–Crippen MR) is 137 cm³/mol. The number of aliphatic imine (C=N–C) groups is 1. The monoisotopic (exact) mass is 480 g/mol. The van der Waals surface area contributed by atoms with Crippen LogP contribution in [0.4, 0.5) is 5.69 Å². The normalized spacial score (nSPS) is 12.3. The molecule has 0 fully saturated rings. The maximum atomic E-state index is 11.9. The summed E-state index contributed by atoms with van der Waals surface area (Å²) in [6, 6.07) is 11.9. The maximum absolute atomic E-state index is 11.9. The van der Waals surface area contributed by atoms with Gasteiger partial charge >= 0.3 is 0 Å². The molecule has 0 saturated heterocycles. The Hall–Kier alpha value is -4.21. The molecule has 0 spiro atoms. The molecule has 3 rings (SSSR count). The summed E-state index contributed by atoms with van der Waals surface area (Å²) < 4.78 is 5.65. The molecule has 0 saturated carbocycles. The number of benzene rings is 2. The zero-order chi connectivity index (χ0) is 26.1. The Kier molecular flexibility index (Phi) is 9.51. The van der Waals surface area contributed by atoms with E-state index in [0.717, 1.165) is 12.1 Å². The standard InChI is InChI=1S/C21H23N5O3.C4H9NO/c1-13(22)26-18-9-8-16(29-12-20(28)25(2)3)10-17(18)21(24-11-19(26)23)14-4-6-15(27)7-5-14;1-3-5-4(2)6/h4-10,22-23,27H,11-12H2,1-3H3;3H2,1-2H3,(H,5,6). The molecule has 10 nitrogen and oxygen atoms in total. The highest BCUT2D eigenvalue weighted by molar-refractivity contribution is 6.25. The van der Waals surface area contributed by atoms with Crippen molar-refractivity contribution in [3.05, 3.63) is 53.6 Å². The van der Waals surface area contributed by atoms with Crippen molar-refractivity contribution in [1.82, 2.24) is 10.2 Å². The predicted octanol–water partition coefficient (Wildman–Crippen LogP) is 2.63. The number of phenols is 1. The van der Waals surface area contributed by atoms with Gasteiger partial charge in [0.25, 0.3) is 5.91 Å². The molecule has 10 heteroatoms. The lowest BCUT2D eigenvalue weighted by Crippen LogP contribution is -2.35. The summed E-state index contributed by atoms with van der Waals surface area (Å²) in [6.45, 7) is 5.75. The highest BCUT2D eigenvalue weighted by Gasteiger charge is 2.25. The van der Waals surface area contributed by atoms with Crippen molar-refractivity contribution < 1.29 is 19.4 Å². The second kappa shape index (κ2) is 12.3. The van der Waals surface area contributed by atoms with Crippen LogP contribution >= 0.6 is 0 Å². The van der Waals surface area contributed by atoms with Crippen molar-refractivity contribution in [2.75, 3.05) is 38.7 Å². The number of aromatic hydroxyl groups is 1. The smallest absolute Gasteiger partial charge is 0.259 e. The number of likely N-dealkylation sites (N-methyl/N-ethyl adjacent to an activating group) is 1. The second-order valence-corrected chi connectivity index (χ2v) is 7.92. The summed E-state index contributed by atoms with van der Waals surface area (Å²) in [5.41, 5.74) is 2.71. The molecular formula is C25H32N6O4. The summed E-state index contributed by atoms with van der Waals surface area (Å²) >= 11 is 0. The van der Waals surface area contributed by atoms with Gasteiger partial charge in [-0.2, -0.15) is 0 Å². The van der Waals surface area contributed by atoms with Crippen molar-refractivity contribution in [2.45, 2.75) is 20.8 Å². The number of carbonyl (C=O) groups excluding carboxylic acids is 2. The van der Waals surface area contributed by atoms with Gasteiger partial charge in [0, 0.05) is 38.7 Å². The molecule has 2 aromatic carbocycles. The SMILES string of the molecule is CC(=N)N1C(=N)CN=C(c2ccc(O)cc2)c2cc(OCC(=O)N(C)C)ccc21.CCNC(C)=O. The van der Waals surface area contributed by atoms with Gasteiger partial charge in [-0.05, 0) is 56.3 Å². The lowest BCUT2D eigenvalue weighted by atomic mass is 9.99. The Morgan fingerprint density at radius 1 is 1.17 bits per heavy atom. The van der Waals surface area contributed by atoms with Crippen LogP contribution in [0.2, 0.25) is 0 Å². The zero-order valence-electron chi connectivity index (χ0n) is 20.7. The molecular weight excluding hydrogens is 448 g/mol. The van der Waals surface area contributed by atoms with E-state index in [0.29, 0.717) is 22.7 Å². The molecule has 4 N–H and O–H groups in total. The van der Waals surface area contributed by atoms with Crippen molar-refractivity contribution in [2.24, 2.45) is 4.99 Å². The van der Waals surface area contributed by atoms with Crippen LogP contribution in [0.15, 0.2) is 47.5 Å². The number of amides is 2. The summed E-state index contributed by atoms with van der Waals surface area (Å²) in [7, 11) is 3.32. The van der Waals surface area contributed by atoms with Crippen molar-refractivity contribution in [1.29, 1.82) is 10.8 Å². The fourth-order valence-electron chi connectivity index (χ4n) is 3.22. The molecule has 0 radical (unpaired) electrons. The Morgan fingerprint density at radius 3 is 2.34 bits per heavy atom. The number of ether oxygens (including phenoxy) is 1. The van der Waals surface area contributed by atoms with Gasteiger partial charge in [-0.3, -0.25) is 30.3 Å². The van der Waals surface area contributed by atoms with Crippen LogP contribution in [0.5, 0.6) is 11.5 Å². The van der Waals surface area contributed by atoms with E-state index < -0.39 is 0 Å². The average Bonchev–Trinajstić information content (AvgIpc) is 2.94. The Balaban J connectivity index is 0.000000641. The highest BCUT2D eigenvalue weighted by atomic mass is 16.5. The molecule has 1 heterocycles. The second-order valence-electron chi connectivity index (χ2n) is 7.92. The van der Waals surface area contributed by atoms with Gasteiger partial charge in [-0.25, -0.2) is 0 Å². The Labute approximate surface area is 205 Å². The van der Waals surface area contributed by atoms with Crippen LogP contribution in [0.3, 0.4) is 0 Å². The quantitative estimate of drug-likeness (QED) is 0.384. The Bertz CT molecular complexity index is 1130. The number of rotatable bonds is 5. The van der Waals surface area contributed by atoms with E-state index in [1.807, 2.05) is 6.92 Å². The van der Waals surface area contributed by atoms with Crippen LogP contribution < -0.4 is 15.0 Å². The first kappa shape index (κ1) is 27.0. The molecule has 0 bridgehead atoms. The number of hydrogen-bond acceptors (Lipinski definition) is 7. The van der Waals surface area contributed by atoms with Crippen LogP contribution in [-0.4, -0.2) is 73.0 Å². The average molecular weight is 481 g/mol. The molecule has 2 aromatic rings. The number of benzodiazepines with no additional fused rings is 1. The fraction of sp³-hybridized carbons (Fsp3) is 0.320. The lowest BCUT2D eigenvalue weighted by molar-refractivity contribution is -0.130. The molecule has 0 unspecified atom stereocenters. The number of anilines is 1. The van der Waals surface area contributed by atoms with E-state index in [9.17, 15) is 14.7 Å². The van der Waals surface area contributed by atoms with E-state index in [1.54, 1.807) is 63.5 Å². The minimum atomic E-state index is -0.161. The first-order chi connectivity index (χ1) is 16.5. The van der Waals surface area contributed by atoms with Gasteiger partial charge in [0.2, 0.25) is 5.91 Å². The topological polar surface area (TPSA) is 142 Å². The van der Waals surface area contributed by atoms with Crippen LogP contribution in [0.1, 0.15) is 31.9 Å². The summed E-state index contributed by atoms with van der Waals surface area (Å²) in [5, 5.41) is 28.6. The molecule has 2 amide bonds. The van der Waals surface area contributed by atoms with E-state index >= 15 is 0 Å². The van der Waals surface area contributed by atoms with Crippen LogP contribution in [0, 0.1) is 10.8 Å². The molecule has 186 valence electrons. The number of amidine groups is 2. The minimum absolute atomic E-state index is 0.0394. The lowest BCUT2D eigenvalue weighted by Gasteiger charge is -2.24. The molecule has 0 aliphatic carbocycles. The molecule has 35 heavy (non-hydrogen) atoms. The number of fused-ring (bicyclic) bond motifs is 1. The summed E-state index contributed by atoms with van der Waals surface area (Å²) in [4.78, 5) is 29.3. The molecule has 1 aliphatic rings. The number of hydrogen-bond donors (Lipinski definition) is 4. The van der Waals surface area contributed by atoms with Crippen molar-refractivity contribution in [3.63, 3.8) is 0 Å². The van der Waals surface area contributed by atoms with Gasteiger partial charge in [0.15, 0.2) is 6.61 Å². The largest absolute Gasteiger partial charge is 0.508 e. The van der Waals surface area contributed by atoms with Crippen LogP contribution in [0.25, 0.3) is 0 Å². The van der Waals surface area contributed by atoms with E-state index in [1.165, 1.54) is 16.7 Å². The third-order valence-corrected chi connectivity index (χ3v) is 4.88. The fourth-order valence-corrected chi connectivity index (χ4v) is 3.22. The molecule has 0 atom stereocenters. The molecule has 1 aliphatic heterocycles. The van der Waals surface area contributed by atoms with Crippen LogP contribution in [-0.2, 0) is 9.59 Å². The van der Waals surface area contributed by atoms with Gasteiger partial charge in [-0.1, -0.05) is 0 Å². The van der Waals surface area contributed by atoms with Crippen molar-refractivity contribution >= 4 is 34.9 Å². The van der Waals surface area contributed by atoms with E-state index in [4.69, 9.17) is 15.6 Å². The number of nitrogens with zero attached hydrogens (tertiary/aromatic N) is 3. The zero-order valence-corrected chi connectivity index (χ0v) is 20.7. The molecule has 0 aromatic heterocycles. The maximum Gasteiger partial charge on any atom is 0.259 e. The van der Waals surface area contributed by atoms with Gasteiger partial charge in [0.1, 0.15) is 23.2 Å². The van der Waals surface area contributed by atoms with Gasteiger partial charge < -0.3 is 20.1 Å². The number of nitrogens with one attached hydrogen (secondary N) is 3. The Morgan fingerprint density at radius 2 is 1.83 bits per heavy atom. The number of carbonyl (C=O) groups is 2.